The molecule has 0 aromatic heterocycles. The van der Waals surface area contributed by atoms with Crippen LogP contribution in [0.3, 0.4) is 0 Å². The van der Waals surface area contributed by atoms with Gasteiger partial charge in [-0.15, -0.1) is 0 Å². The van der Waals surface area contributed by atoms with Gasteiger partial charge in [0.2, 0.25) is 0 Å². The predicted molar refractivity (Wildman–Crippen MR) is 99.5 cm³/mol. The summed E-state index contributed by atoms with van der Waals surface area (Å²) >= 11 is 0. The summed E-state index contributed by atoms with van der Waals surface area (Å²) in [5.41, 5.74) is 2.16. The highest BCUT2D eigenvalue weighted by molar-refractivity contribution is 5.79. The first-order valence-corrected chi connectivity index (χ1v) is 7.88. The van der Waals surface area contributed by atoms with Gasteiger partial charge < -0.3 is 5.11 Å². The minimum absolute atomic E-state index is 0.0109. The van der Waals surface area contributed by atoms with Crippen LogP contribution in [0, 0.1) is 22.0 Å². The molecule has 26 heavy (non-hydrogen) atoms. The molecule has 0 atom stereocenters. The van der Waals surface area contributed by atoms with Gasteiger partial charge in [0.15, 0.2) is 0 Å². The van der Waals surface area contributed by atoms with Crippen LogP contribution in [-0.2, 0) is 4.79 Å². The zero-order valence-electron chi connectivity index (χ0n) is 14.3. The maximum atomic E-state index is 10.9. The lowest BCUT2D eigenvalue weighted by Crippen LogP contribution is -2.25. The Morgan fingerprint density at radius 1 is 1.23 bits per heavy atom. The van der Waals surface area contributed by atoms with Crippen LogP contribution in [0.2, 0.25) is 0 Å². The van der Waals surface area contributed by atoms with Crippen LogP contribution in [-0.4, -0.2) is 41.0 Å². The van der Waals surface area contributed by atoms with E-state index >= 15 is 0 Å². The largest absolute Gasteiger partial charge is 0.480 e. The summed E-state index contributed by atoms with van der Waals surface area (Å²) < 4.78 is 0. The smallest absolute Gasteiger partial charge is 0.317 e. The summed E-state index contributed by atoms with van der Waals surface area (Å²) in [4.78, 5) is 22.8. The second kappa shape index (κ2) is 9.16. The Balaban J connectivity index is 2.30. The van der Waals surface area contributed by atoms with Crippen molar-refractivity contribution in [2.24, 2.45) is 0 Å². The first-order chi connectivity index (χ1) is 12.5. The Labute approximate surface area is 151 Å². The van der Waals surface area contributed by atoms with Gasteiger partial charge in [-0.3, -0.25) is 19.8 Å². The SMILES string of the molecule is CN(C/C=C(/C#Cc1cccc([N+](=O)[O-])c1)c1ccccc1)CC(=O)O. The molecule has 0 bridgehead atoms. The summed E-state index contributed by atoms with van der Waals surface area (Å²) in [5.74, 6) is 5.09. The van der Waals surface area contributed by atoms with Gasteiger partial charge in [0.05, 0.1) is 11.5 Å². The molecule has 0 aliphatic rings. The number of carboxylic acids is 1. The van der Waals surface area contributed by atoms with Crippen LogP contribution in [0.25, 0.3) is 5.57 Å². The molecule has 0 radical (unpaired) electrons. The summed E-state index contributed by atoms with van der Waals surface area (Å²) in [6, 6.07) is 15.6. The van der Waals surface area contributed by atoms with Crippen molar-refractivity contribution in [2.45, 2.75) is 0 Å². The summed E-state index contributed by atoms with van der Waals surface area (Å²) in [5, 5.41) is 19.7. The Bertz CT molecular complexity index is 879. The molecule has 0 spiro atoms. The number of allylic oxidation sites excluding steroid dienone is 1. The molecule has 0 heterocycles. The standard InChI is InChI=1S/C20H18N2O4/c1-21(15-20(23)24)13-12-18(17-7-3-2-4-8-17)11-10-16-6-5-9-19(14-16)22(25)26/h2-9,12,14H,13,15H2,1H3,(H,23,24)/b18-12-. The van der Waals surface area contributed by atoms with E-state index in [0.717, 1.165) is 11.1 Å². The zero-order valence-corrected chi connectivity index (χ0v) is 14.3. The average Bonchev–Trinajstić information content (AvgIpc) is 2.62. The van der Waals surface area contributed by atoms with Gasteiger partial charge in [0.25, 0.3) is 5.69 Å². The van der Waals surface area contributed by atoms with E-state index in [0.29, 0.717) is 12.1 Å². The lowest BCUT2D eigenvalue weighted by atomic mass is 10.1. The number of nitrogens with zero attached hydrogens (tertiary/aromatic N) is 2. The van der Waals surface area contributed by atoms with E-state index < -0.39 is 10.9 Å². The van der Waals surface area contributed by atoms with E-state index in [4.69, 9.17) is 5.11 Å². The molecule has 0 amide bonds. The number of carboxylic acid groups (broad SMARTS) is 1. The number of likely N-dealkylation sites (N-methyl/N-ethyl adjacent to an activating group) is 1. The third kappa shape index (κ3) is 5.89. The number of carbonyl (C=O) groups is 1. The Morgan fingerprint density at radius 3 is 2.62 bits per heavy atom. The lowest BCUT2D eigenvalue weighted by molar-refractivity contribution is -0.384. The van der Waals surface area contributed by atoms with E-state index in [2.05, 4.69) is 11.8 Å². The van der Waals surface area contributed by atoms with Crippen LogP contribution < -0.4 is 0 Å². The van der Waals surface area contributed by atoms with Crippen molar-refractivity contribution in [3.05, 3.63) is 81.9 Å². The number of nitro groups is 1. The quantitative estimate of drug-likeness (QED) is 0.492. The maximum Gasteiger partial charge on any atom is 0.317 e. The Kier molecular flexibility index (Phi) is 6.66. The van der Waals surface area contributed by atoms with Gasteiger partial charge in [-0.2, -0.15) is 0 Å². The van der Waals surface area contributed by atoms with E-state index in [9.17, 15) is 14.9 Å². The van der Waals surface area contributed by atoms with Crippen LogP contribution in [0.1, 0.15) is 11.1 Å². The molecule has 0 saturated heterocycles. The molecule has 0 aliphatic heterocycles. The second-order valence-electron chi connectivity index (χ2n) is 5.63. The highest BCUT2D eigenvalue weighted by Gasteiger charge is 2.05. The molecule has 6 heteroatoms. The molecule has 2 aromatic carbocycles. The maximum absolute atomic E-state index is 10.9. The normalized spacial score (nSPS) is 10.9. The fourth-order valence-corrected chi connectivity index (χ4v) is 2.24. The number of nitro benzene ring substituents is 1. The molecule has 0 unspecified atom stereocenters. The lowest BCUT2D eigenvalue weighted by Gasteiger charge is -2.11. The second-order valence-corrected chi connectivity index (χ2v) is 5.63. The van der Waals surface area contributed by atoms with E-state index in [1.54, 1.807) is 24.1 Å². The minimum atomic E-state index is -0.898. The third-order valence-corrected chi connectivity index (χ3v) is 3.50. The first kappa shape index (κ1) is 18.9. The van der Waals surface area contributed by atoms with Gasteiger partial charge in [-0.05, 0) is 18.7 Å². The molecule has 1 N–H and O–H groups in total. The van der Waals surface area contributed by atoms with Crippen molar-refractivity contribution in [2.75, 3.05) is 20.1 Å². The van der Waals surface area contributed by atoms with Gasteiger partial charge >= 0.3 is 5.97 Å². The fraction of sp³-hybridized carbons (Fsp3) is 0.150. The van der Waals surface area contributed by atoms with Crippen molar-refractivity contribution in [1.82, 2.24) is 4.90 Å². The highest BCUT2D eigenvalue weighted by atomic mass is 16.6. The summed E-state index contributed by atoms with van der Waals surface area (Å²) in [7, 11) is 1.71. The van der Waals surface area contributed by atoms with Gasteiger partial charge in [0, 0.05) is 29.8 Å². The minimum Gasteiger partial charge on any atom is -0.480 e. The number of hydrogen-bond donors (Lipinski definition) is 1. The Hall–Kier alpha value is -3.43. The fourth-order valence-electron chi connectivity index (χ4n) is 2.24. The number of benzene rings is 2. The van der Waals surface area contributed by atoms with Crippen LogP contribution in [0.5, 0.6) is 0 Å². The van der Waals surface area contributed by atoms with Crippen LogP contribution >= 0.6 is 0 Å². The summed E-state index contributed by atoms with van der Waals surface area (Å²) in [6.07, 6.45) is 1.85. The van der Waals surface area contributed by atoms with E-state index in [1.807, 2.05) is 36.4 Å². The molecule has 0 saturated carbocycles. The predicted octanol–water partition coefficient (Wildman–Crippen LogP) is 3.05. The monoisotopic (exact) mass is 350 g/mol. The molecule has 132 valence electrons. The Morgan fingerprint density at radius 2 is 1.96 bits per heavy atom. The third-order valence-electron chi connectivity index (χ3n) is 3.50. The number of non-ortho nitro benzene ring substituents is 1. The van der Waals surface area contributed by atoms with Crippen molar-refractivity contribution in [3.8, 4) is 11.8 Å². The highest BCUT2D eigenvalue weighted by Crippen LogP contribution is 2.15. The van der Waals surface area contributed by atoms with Crippen LogP contribution in [0.4, 0.5) is 5.69 Å². The average molecular weight is 350 g/mol. The molecule has 6 nitrogen and oxygen atoms in total. The molecule has 0 fully saturated rings. The van der Waals surface area contributed by atoms with Crippen LogP contribution in [0.15, 0.2) is 60.7 Å². The van der Waals surface area contributed by atoms with E-state index in [1.165, 1.54) is 12.1 Å². The van der Waals surface area contributed by atoms with Gasteiger partial charge in [-0.1, -0.05) is 54.3 Å². The number of rotatable bonds is 6. The number of hydrogen-bond acceptors (Lipinski definition) is 4. The van der Waals surface area contributed by atoms with Crippen molar-refractivity contribution in [3.63, 3.8) is 0 Å². The van der Waals surface area contributed by atoms with Crippen molar-refractivity contribution < 1.29 is 14.8 Å². The van der Waals surface area contributed by atoms with Gasteiger partial charge in [0.1, 0.15) is 0 Å². The molecular weight excluding hydrogens is 332 g/mol. The van der Waals surface area contributed by atoms with Gasteiger partial charge in [-0.25, -0.2) is 0 Å². The van der Waals surface area contributed by atoms with Crippen molar-refractivity contribution >= 4 is 17.2 Å². The summed E-state index contributed by atoms with van der Waals surface area (Å²) in [6.45, 7) is 0.344. The van der Waals surface area contributed by atoms with E-state index in [-0.39, 0.29) is 12.2 Å². The first-order valence-electron chi connectivity index (χ1n) is 7.88. The topological polar surface area (TPSA) is 83.7 Å². The molecular formula is C20H18N2O4. The van der Waals surface area contributed by atoms with Crippen molar-refractivity contribution in [1.29, 1.82) is 0 Å². The molecule has 2 aromatic rings. The zero-order chi connectivity index (χ0) is 18.9. The number of aliphatic carboxylic acids is 1. The molecule has 0 aliphatic carbocycles. The molecule has 2 rings (SSSR count).